The fourth-order valence-corrected chi connectivity index (χ4v) is 2.87. The minimum absolute atomic E-state index is 0.330. The van der Waals surface area contributed by atoms with Crippen LogP contribution in [-0.2, 0) is 6.54 Å². The number of hydrogen-bond acceptors (Lipinski definition) is 3. The molecule has 1 aliphatic heterocycles. The molecule has 0 N–H and O–H groups in total. The van der Waals surface area contributed by atoms with Crippen molar-refractivity contribution in [3.63, 3.8) is 0 Å². The van der Waals surface area contributed by atoms with Gasteiger partial charge < -0.3 is 9.47 Å². The molecule has 1 aliphatic rings. The van der Waals surface area contributed by atoms with Crippen LogP contribution in [0.3, 0.4) is 0 Å². The van der Waals surface area contributed by atoms with E-state index in [1.807, 2.05) is 6.07 Å². The summed E-state index contributed by atoms with van der Waals surface area (Å²) in [6.45, 7) is 5.83. The first-order valence-electron chi connectivity index (χ1n) is 7.79. The van der Waals surface area contributed by atoms with Gasteiger partial charge in [-0.25, -0.2) is 0 Å². The Balaban J connectivity index is 1.69. The Hall–Kier alpha value is -2.00. The fourth-order valence-electron chi connectivity index (χ4n) is 2.87. The van der Waals surface area contributed by atoms with E-state index < -0.39 is 0 Å². The first kappa shape index (κ1) is 14.9. The predicted octanol–water partition coefficient (Wildman–Crippen LogP) is 4.04. The normalized spacial score (nSPS) is 15.8. The number of fused-ring (bicyclic) bond motifs is 1. The van der Waals surface area contributed by atoms with E-state index in [0.717, 1.165) is 18.0 Å². The molecule has 2 aromatic rings. The molecule has 0 aliphatic carbocycles. The average Bonchev–Trinajstić information content (AvgIpc) is 3.02. The van der Waals surface area contributed by atoms with E-state index in [0.29, 0.717) is 18.8 Å². The van der Waals surface area contributed by atoms with E-state index in [1.165, 1.54) is 11.1 Å². The van der Waals surface area contributed by atoms with Crippen molar-refractivity contribution in [2.24, 2.45) is 0 Å². The highest BCUT2D eigenvalue weighted by atomic mass is 16.7. The van der Waals surface area contributed by atoms with E-state index in [-0.39, 0.29) is 0 Å². The molecule has 116 valence electrons. The highest BCUT2D eigenvalue weighted by Crippen LogP contribution is 2.35. The molecule has 0 fully saturated rings. The Bertz CT molecular complexity index is 627. The number of likely N-dealkylation sites (N-methyl/N-ethyl adjacent to an activating group) is 1. The van der Waals surface area contributed by atoms with Gasteiger partial charge in [0.25, 0.3) is 0 Å². The van der Waals surface area contributed by atoms with Gasteiger partial charge >= 0.3 is 0 Å². The topological polar surface area (TPSA) is 21.7 Å². The molecule has 1 heterocycles. The molecule has 0 radical (unpaired) electrons. The highest BCUT2D eigenvalue weighted by Gasteiger charge is 2.21. The molecule has 0 bridgehead atoms. The van der Waals surface area contributed by atoms with Gasteiger partial charge in [0, 0.05) is 12.6 Å². The van der Waals surface area contributed by atoms with E-state index in [9.17, 15) is 0 Å². The van der Waals surface area contributed by atoms with Crippen molar-refractivity contribution in [1.29, 1.82) is 0 Å². The van der Waals surface area contributed by atoms with Gasteiger partial charge in [0.1, 0.15) is 0 Å². The van der Waals surface area contributed by atoms with Crippen LogP contribution in [0.1, 0.15) is 30.9 Å². The van der Waals surface area contributed by atoms with Crippen LogP contribution in [0.5, 0.6) is 11.5 Å². The Morgan fingerprint density at radius 1 is 1.00 bits per heavy atom. The second-order valence-corrected chi connectivity index (χ2v) is 6.04. The monoisotopic (exact) mass is 297 g/mol. The van der Waals surface area contributed by atoms with Crippen LogP contribution in [0.4, 0.5) is 0 Å². The van der Waals surface area contributed by atoms with Crippen molar-refractivity contribution in [3.8, 4) is 11.5 Å². The van der Waals surface area contributed by atoms with Crippen LogP contribution < -0.4 is 9.47 Å². The molecule has 3 nitrogen and oxygen atoms in total. The number of nitrogens with zero attached hydrogens (tertiary/aromatic N) is 1. The van der Waals surface area contributed by atoms with Gasteiger partial charge in [-0.2, -0.15) is 0 Å². The summed E-state index contributed by atoms with van der Waals surface area (Å²) >= 11 is 0. The van der Waals surface area contributed by atoms with Crippen molar-refractivity contribution in [2.75, 3.05) is 13.8 Å². The van der Waals surface area contributed by atoms with Crippen LogP contribution >= 0.6 is 0 Å². The third-order valence-electron chi connectivity index (χ3n) is 4.62. The zero-order valence-electron chi connectivity index (χ0n) is 13.5. The lowest BCUT2D eigenvalue weighted by Crippen LogP contribution is -2.32. The van der Waals surface area contributed by atoms with Gasteiger partial charge in [0.05, 0.1) is 0 Å². The molecule has 0 saturated heterocycles. The minimum Gasteiger partial charge on any atom is -0.454 e. The van der Waals surface area contributed by atoms with Gasteiger partial charge in [0.2, 0.25) is 6.79 Å². The highest BCUT2D eigenvalue weighted by molar-refractivity contribution is 5.45. The summed E-state index contributed by atoms with van der Waals surface area (Å²) in [6.07, 6.45) is 0. The molecule has 0 amide bonds. The summed E-state index contributed by atoms with van der Waals surface area (Å²) in [7, 11) is 2.18. The Morgan fingerprint density at radius 2 is 1.73 bits per heavy atom. The maximum atomic E-state index is 5.49. The standard InChI is InChI=1S/C19H23NO2/c1-14(17-9-10-18-19(11-17)22-13-21-18)15(2)20(3)12-16-7-5-4-6-8-16/h4-11,14-15H,12-13H2,1-3H3/t14-,15-/m1/s1. The third-order valence-corrected chi connectivity index (χ3v) is 4.62. The molecule has 0 aromatic heterocycles. The molecule has 2 aromatic carbocycles. The van der Waals surface area contributed by atoms with Crippen LogP contribution in [-0.4, -0.2) is 24.8 Å². The van der Waals surface area contributed by atoms with Crippen molar-refractivity contribution in [3.05, 3.63) is 59.7 Å². The molecule has 0 saturated carbocycles. The Labute approximate surface area is 132 Å². The van der Waals surface area contributed by atoms with Crippen molar-refractivity contribution < 1.29 is 9.47 Å². The van der Waals surface area contributed by atoms with Crippen LogP contribution in [0.15, 0.2) is 48.5 Å². The zero-order chi connectivity index (χ0) is 15.5. The van der Waals surface area contributed by atoms with Gasteiger partial charge in [0.15, 0.2) is 11.5 Å². The van der Waals surface area contributed by atoms with E-state index in [4.69, 9.17) is 9.47 Å². The molecule has 3 heteroatoms. The van der Waals surface area contributed by atoms with Crippen LogP contribution in [0.25, 0.3) is 0 Å². The second kappa shape index (κ2) is 6.41. The van der Waals surface area contributed by atoms with E-state index in [1.54, 1.807) is 0 Å². The Morgan fingerprint density at radius 3 is 2.50 bits per heavy atom. The molecule has 3 rings (SSSR count). The van der Waals surface area contributed by atoms with Gasteiger partial charge in [-0.1, -0.05) is 43.3 Å². The predicted molar refractivity (Wildman–Crippen MR) is 88.4 cm³/mol. The minimum atomic E-state index is 0.330. The molecule has 0 unspecified atom stereocenters. The Kier molecular flexibility index (Phi) is 4.34. The lowest BCUT2D eigenvalue weighted by molar-refractivity contribution is 0.174. The van der Waals surface area contributed by atoms with Crippen molar-refractivity contribution >= 4 is 0 Å². The van der Waals surface area contributed by atoms with Crippen LogP contribution in [0.2, 0.25) is 0 Å². The summed E-state index contributed by atoms with van der Waals surface area (Å²) in [4.78, 5) is 2.39. The number of hydrogen-bond donors (Lipinski definition) is 0. The SMILES string of the molecule is C[C@H]([C@@H](C)c1ccc2c(c1)OCO2)N(C)Cc1ccccc1. The largest absolute Gasteiger partial charge is 0.454 e. The van der Waals surface area contributed by atoms with E-state index >= 15 is 0 Å². The van der Waals surface area contributed by atoms with Gasteiger partial charge in [-0.15, -0.1) is 0 Å². The number of rotatable bonds is 5. The van der Waals surface area contributed by atoms with Gasteiger partial charge in [-0.05, 0) is 43.1 Å². The van der Waals surface area contributed by atoms with Crippen LogP contribution in [0, 0.1) is 0 Å². The number of benzene rings is 2. The summed E-state index contributed by atoms with van der Waals surface area (Å²) in [5.41, 5.74) is 2.63. The second-order valence-electron chi connectivity index (χ2n) is 6.04. The summed E-state index contributed by atoms with van der Waals surface area (Å²) < 4.78 is 10.9. The van der Waals surface area contributed by atoms with E-state index in [2.05, 4.69) is 68.3 Å². The van der Waals surface area contributed by atoms with Gasteiger partial charge in [-0.3, -0.25) is 4.90 Å². The smallest absolute Gasteiger partial charge is 0.231 e. The maximum absolute atomic E-state index is 5.49. The first-order valence-corrected chi connectivity index (χ1v) is 7.79. The first-order chi connectivity index (χ1) is 10.6. The average molecular weight is 297 g/mol. The lowest BCUT2D eigenvalue weighted by atomic mass is 9.93. The molecule has 0 spiro atoms. The summed E-state index contributed by atoms with van der Waals surface area (Å²) in [6, 6.07) is 17.3. The maximum Gasteiger partial charge on any atom is 0.231 e. The fraction of sp³-hybridized carbons (Fsp3) is 0.368. The van der Waals surface area contributed by atoms with Crippen molar-refractivity contribution in [2.45, 2.75) is 32.4 Å². The molecule has 2 atom stereocenters. The quantitative estimate of drug-likeness (QED) is 0.831. The zero-order valence-corrected chi connectivity index (χ0v) is 13.5. The summed E-state index contributed by atoms with van der Waals surface area (Å²) in [5, 5.41) is 0. The lowest BCUT2D eigenvalue weighted by Gasteiger charge is -2.30. The molecular formula is C19H23NO2. The summed E-state index contributed by atoms with van der Waals surface area (Å²) in [5.74, 6) is 2.13. The molecule has 22 heavy (non-hydrogen) atoms. The number of ether oxygens (including phenoxy) is 2. The molecular weight excluding hydrogens is 274 g/mol. The van der Waals surface area contributed by atoms with Crippen molar-refractivity contribution in [1.82, 2.24) is 4.90 Å². The third kappa shape index (κ3) is 3.09.